The first-order valence-electron chi connectivity index (χ1n) is 14.3. The summed E-state index contributed by atoms with van der Waals surface area (Å²) in [4.78, 5) is 29.6. The molecule has 0 bridgehead atoms. The number of piperidine rings is 1. The van der Waals surface area contributed by atoms with Gasteiger partial charge in [-0.2, -0.15) is 4.31 Å². The van der Waals surface area contributed by atoms with Crippen LogP contribution < -0.4 is 10.1 Å². The van der Waals surface area contributed by atoms with Crippen LogP contribution in [0.5, 0.6) is 5.75 Å². The Kier molecular flexibility index (Phi) is 8.04. The molecule has 1 atom stereocenters. The maximum atomic E-state index is 13.2. The van der Waals surface area contributed by atoms with Crippen LogP contribution in [0.3, 0.4) is 0 Å². The SMILES string of the molecule is C=C1CCC(N2Cc3c(OCc4ccc(CN5CCN(S(=O)(=O)c6ccc(F)cc6)CC5)cc4)cccc3C2=O)C(=O)N1. The number of benzene rings is 3. The average molecular weight is 605 g/mol. The van der Waals surface area contributed by atoms with Gasteiger partial charge < -0.3 is 15.0 Å². The predicted octanol–water partition coefficient (Wildman–Crippen LogP) is 3.66. The number of fused-ring (bicyclic) bond motifs is 1. The lowest BCUT2D eigenvalue weighted by Gasteiger charge is -2.34. The zero-order valence-corrected chi connectivity index (χ0v) is 24.5. The minimum absolute atomic E-state index is 0.104. The molecule has 3 aliphatic rings. The van der Waals surface area contributed by atoms with E-state index >= 15 is 0 Å². The van der Waals surface area contributed by atoms with Gasteiger partial charge in [0.05, 0.1) is 11.4 Å². The summed E-state index contributed by atoms with van der Waals surface area (Å²) >= 11 is 0. The Balaban J connectivity index is 1.02. The van der Waals surface area contributed by atoms with Crippen molar-refractivity contribution in [2.24, 2.45) is 0 Å². The zero-order valence-electron chi connectivity index (χ0n) is 23.7. The molecule has 43 heavy (non-hydrogen) atoms. The number of allylic oxidation sites excluding steroid dienone is 1. The van der Waals surface area contributed by atoms with Crippen LogP contribution in [-0.4, -0.2) is 66.6 Å². The van der Waals surface area contributed by atoms with E-state index in [4.69, 9.17) is 4.74 Å². The van der Waals surface area contributed by atoms with Crippen LogP contribution in [0.15, 0.2) is 83.9 Å². The highest BCUT2D eigenvalue weighted by molar-refractivity contribution is 7.89. The lowest BCUT2D eigenvalue weighted by Crippen LogP contribution is -2.49. The topological polar surface area (TPSA) is 99.3 Å². The highest BCUT2D eigenvalue weighted by Gasteiger charge is 2.39. The van der Waals surface area contributed by atoms with E-state index < -0.39 is 21.9 Å². The number of carbonyl (C=O) groups is 2. The van der Waals surface area contributed by atoms with Gasteiger partial charge in [0, 0.05) is 49.5 Å². The fourth-order valence-electron chi connectivity index (χ4n) is 5.82. The van der Waals surface area contributed by atoms with Crippen LogP contribution >= 0.6 is 0 Å². The van der Waals surface area contributed by atoms with Gasteiger partial charge in [-0.1, -0.05) is 36.9 Å². The van der Waals surface area contributed by atoms with E-state index in [-0.39, 0.29) is 16.7 Å². The van der Waals surface area contributed by atoms with Crippen molar-refractivity contribution in [3.63, 3.8) is 0 Å². The van der Waals surface area contributed by atoms with Crippen molar-refractivity contribution in [1.82, 2.24) is 19.4 Å². The van der Waals surface area contributed by atoms with Crippen LogP contribution in [0.1, 0.15) is 39.9 Å². The largest absolute Gasteiger partial charge is 0.489 e. The van der Waals surface area contributed by atoms with Crippen LogP contribution in [0.2, 0.25) is 0 Å². The first-order chi connectivity index (χ1) is 20.7. The summed E-state index contributed by atoms with van der Waals surface area (Å²) in [6.45, 7) is 7.09. The number of carbonyl (C=O) groups excluding carboxylic acids is 2. The number of hydrogen-bond donors (Lipinski definition) is 1. The minimum Gasteiger partial charge on any atom is -0.489 e. The quantitative estimate of drug-likeness (QED) is 0.422. The first kappa shape index (κ1) is 29.0. The van der Waals surface area contributed by atoms with Crippen LogP contribution in [0, 0.1) is 5.82 Å². The molecule has 3 aliphatic heterocycles. The van der Waals surface area contributed by atoms with Crippen molar-refractivity contribution in [2.45, 2.75) is 43.5 Å². The van der Waals surface area contributed by atoms with Crippen LogP contribution in [-0.2, 0) is 34.5 Å². The number of nitrogens with one attached hydrogen (secondary N) is 1. The molecule has 1 N–H and O–H groups in total. The number of rotatable bonds is 8. The van der Waals surface area contributed by atoms with Crippen molar-refractivity contribution >= 4 is 21.8 Å². The van der Waals surface area contributed by atoms with Gasteiger partial charge >= 0.3 is 0 Å². The first-order valence-corrected chi connectivity index (χ1v) is 15.7. The number of halogens is 1. The highest BCUT2D eigenvalue weighted by Crippen LogP contribution is 2.34. The second-order valence-electron chi connectivity index (χ2n) is 11.1. The lowest BCUT2D eigenvalue weighted by molar-refractivity contribution is -0.126. The van der Waals surface area contributed by atoms with Gasteiger partial charge in [0.2, 0.25) is 15.9 Å². The molecule has 9 nitrogen and oxygen atoms in total. The fourth-order valence-corrected chi connectivity index (χ4v) is 7.24. The van der Waals surface area contributed by atoms with E-state index in [2.05, 4.69) is 16.8 Å². The second kappa shape index (κ2) is 11.9. The van der Waals surface area contributed by atoms with E-state index in [0.29, 0.717) is 75.7 Å². The number of piperazine rings is 1. The molecular weight excluding hydrogens is 571 g/mol. The van der Waals surface area contributed by atoms with Crippen molar-refractivity contribution in [3.05, 3.63) is 107 Å². The molecule has 2 fully saturated rings. The van der Waals surface area contributed by atoms with Crippen molar-refractivity contribution in [1.29, 1.82) is 0 Å². The molecule has 11 heteroatoms. The maximum Gasteiger partial charge on any atom is 0.255 e. The van der Waals surface area contributed by atoms with Crippen LogP contribution in [0.25, 0.3) is 0 Å². The summed E-state index contributed by atoms with van der Waals surface area (Å²) in [5.41, 5.74) is 4.12. The molecule has 0 aliphatic carbocycles. The molecule has 0 saturated carbocycles. The minimum atomic E-state index is -3.65. The van der Waals surface area contributed by atoms with E-state index in [9.17, 15) is 22.4 Å². The zero-order chi connectivity index (χ0) is 30.1. The molecule has 2 saturated heterocycles. The summed E-state index contributed by atoms with van der Waals surface area (Å²) in [6, 6.07) is 17.9. The summed E-state index contributed by atoms with van der Waals surface area (Å²) in [6.07, 6.45) is 1.20. The molecule has 224 valence electrons. The van der Waals surface area contributed by atoms with Crippen molar-refractivity contribution in [3.8, 4) is 5.75 Å². The second-order valence-corrected chi connectivity index (χ2v) is 13.0. The van der Waals surface area contributed by atoms with Gasteiger partial charge in [-0.15, -0.1) is 0 Å². The molecule has 0 radical (unpaired) electrons. The number of hydrogen-bond acceptors (Lipinski definition) is 6. The Bertz CT molecular complexity index is 1650. The average Bonchev–Trinajstić information content (AvgIpc) is 3.34. The smallest absolute Gasteiger partial charge is 0.255 e. The maximum absolute atomic E-state index is 13.2. The predicted molar refractivity (Wildman–Crippen MR) is 158 cm³/mol. The van der Waals surface area contributed by atoms with E-state index in [1.165, 1.54) is 16.4 Å². The summed E-state index contributed by atoms with van der Waals surface area (Å²) in [5, 5.41) is 2.76. The van der Waals surface area contributed by atoms with Gasteiger partial charge in [-0.25, -0.2) is 12.8 Å². The molecule has 2 amide bonds. The molecule has 3 aromatic carbocycles. The molecule has 3 heterocycles. The number of nitrogens with zero attached hydrogens (tertiary/aromatic N) is 3. The van der Waals surface area contributed by atoms with Gasteiger partial charge in [-0.05, 0) is 60.4 Å². The number of ether oxygens (including phenoxy) is 1. The molecule has 6 rings (SSSR count). The van der Waals surface area contributed by atoms with Gasteiger partial charge in [0.15, 0.2) is 0 Å². The third-order valence-corrected chi connectivity index (χ3v) is 10.2. The summed E-state index contributed by atoms with van der Waals surface area (Å²) < 4.78 is 46.6. The van der Waals surface area contributed by atoms with Gasteiger partial charge in [0.25, 0.3) is 5.91 Å². The highest BCUT2D eigenvalue weighted by atomic mass is 32.2. The Labute approximate surface area is 250 Å². The van der Waals surface area contributed by atoms with E-state index in [0.717, 1.165) is 28.8 Å². The third kappa shape index (κ3) is 6.06. The Morgan fingerprint density at radius 3 is 2.33 bits per heavy atom. The normalized spacial score (nSPS) is 19.8. The number of sulfonamides is 1. The molecule has 0 spiro atoms. The molecule has 0 aromatic heterocycles. The summed E-state index contributed by atoms with van der Waals surface area (Å²) in [7, 11) is -3.65. The van der Waals surface area contributed by atoms with E-state index in [1.54, 1.807) is 17.0 Å². The molecule has 3 aromatic rings. The van der Waals surface area contributed by atoms with Crippen molar-refractivity contribution < 1.29 is 27.1 Å². The van der Waals surface area contributed by atoms with Gasteiger partial charge in [0.1, 0.15) is 24.2 Å². The monoisotopic (exact) mass is 604 g/mol. The fraction of sp³-hybridized carbons (Fsp3) is 0.312. The van der Waals surface area contributed by atoms with E-state index in [1.807, 2.05) is 30.3 Å². The van der Waals surface area contributed by atoms with Gasteiger partial charge in [-0.3, -0.25) is 14.5 Å². The van der Waals surface area contributed by atoms with Crippen LogP contribution in [0.4, 0.5) is 4.39 Å². The third-order valence-electron chi connectivity index (χ3n) is 8.26. The molecule has 1 unspecified atom stereocenters. The van der Waals surface area contributed by atoms with Crippen molar-refractivity contribution in [2.75, 3.05) is 26.2 Å². The summed E-state index contributed by atoms with van der Waals surface area (Å²) in [5.74, 6) is -0.193. The lowest BCUT2D eigenvalue weighted by atomic mass is 10.0. The Hall–Kier alpha value is -4.06. The standard InChI is InChI=1S/C32H33FN4O5S/c1-22-5-14-29(31(38)34-22)37-20-28-27(32(37)39)3-2-4-30(28)42-21-24-8-6-23(7-9-24)19-35-15-17-36(18-16-35)43(40,41)26-12-10-25(33)11-13-26/h2-4,6-13,29H,1,5,14-21H2,(H,34,38). The number of amides is 2. The molecular formula is C32H33FN4O5S. The Morgan fingerprint density at radius 2 is 1.63 bits per heavy atom. The Morgan fingerprint density at radius 1 is 0.930 bits per heavy atom.